The number of methoxy groups -OCH3 is 1. The fraction of sp³-hybridized carbons (Fsp3) is 0.579. The maximum Gasteiger partial charge on any atom is 0.305 e. The lowest BCUT2D eigenvalue weighted by Crippen LogP contribution is -2.43. The van der Waals surface area contributed by atoms with Gasteiger partial charge in [-0.2, -0.15) is 11.8 Å². The summed E-state index contributed by atoms with van der Waals surface area (Å²) < 4.78 is 10.2. The minimum Gasteiger partial charge on any atom is -0.496 e. The summed E-state index contributed by atoms with van der Waals surface area (Å²) in [4.78, 5) is 26.3. The number of ether oxygens (including phenoxy) is 2. The molecule has 1 amide bonds. The van der Waals surface area contributed by atoms with E-state index in [0.717, 1.165) is 31.8 Å². The molecule has 156 valence electrons. The zero-order valence-corrected chi connectivity index (χ0v) is 17.9. The molecule has 2 rings (SSSR count). The number of halogens is 1. The molecule has 0 saturated carbocycles. The molecule has 1 aliphatic rings. The summed E-state index contributed by atoms with van der Waals surface area (Å²) in [5.41, 5.74) is 6.51. The number of nitrogens with zero attached hydrogens (tertiary/aromatic N) is 1. The topological polar surface area (TPSA) is 93.9 Å². The Morgan fingerprint density at radius 2 is 2.21 bits per heavy atom. The van der Waals surface area contributed by atoms with Crippen LogP contribution in [-0.4, -0.2) is 67.7 Å². The first-order valence-electron chi connectivity index (χ1n) is 9.35. The van der Waals surface area contributed by atoms with Gasteiger partial charge in [-0.25, -0.2) is 0 Å². The molecule has 0 spiro atoms. The normalized spacial score (nSPS) is 17.2. The Morgan fingerprint density at radius 1 is 1.43 bits per heavy atom. The van der Waals surface area contributed by atoms with Crippen molar-refractivity contribution in [2.24, 2.45) is 0 Å². The summed E-state index contributed by atoms with van der Waals surface area (Å²) in [5.74, 6) is 1.01. The first-order chi connectivity index (χ1) is 13.4. The van der Waals surface area contributed by atoms with Crippen LogP contribution in [0.25, 0.3) is 0 Å². The highest BCUT2D eigenvalue weighted by Gasteiger charge is 2.22. The molecular formula is C19H28ClN3O4S. The van der Waals surface area contributed by atoms with Gasteiger partial charge in [0, 0.05) is 43.1 Å². The van der Waals surface area contributed by atoms with Crippen molar-refractivity contribution < 1.29 is 19.1 Å². The molecule has 0 radical (unpaired) electrons. The van der Waals surface area contributed by atoms with Crippen LogP contribution in [0.1, 0.15) is 30.1 Å². The second-order valence-electron chi connectivity index (χ2n) is 6.49. The zero-order chi connectivity index (χ0) is 20.5. The Balaban J connectivity index is 1.81. The van der Waals surface area contributed by atoms with Gasteiger partial charge in [-0.15, -0.1) is 0 Å². The van der Waals surface area contributed by atoms with E-state index in [0.29, 0.717) is 41.6 Å². The van der Waals surface area contributed by atoms with E-state index >= 15 is 0 Å². The molecule has 1 unspecified atom stereocenters. The summed E-state index contributed by atoms with van der Waals surface area (Å²) >= 11 is 7.88. The Morgan fingerprint density at radius 3 is 2.93 bits per heavy atom. The van der Waals surface area contributed by atoms with Gasteiger partial charge in [-0.05, 0) is 26.0 Å². The number of nitrogen functional groups attached to an aromatic ring is 1. The van der Waals surface area contributed by atoms with E-state index in [4.69, 9.17) is 26.8 Å². The van der Waals surface area contributed by atoms with Crippen LogP contribution < -0.4 is 15.8 Å². The largest absolute Gasteiger partial charge is 0.496 e. The predicted molar refractivity (Wildman–Crippen MR) is 113 cm³/mol. The number of benzene rings is 1. The molecule has 0 aliphatic carbocycles. The van der Waals surface area contributed by atoms with E-state index in [9.17, 15) is 9.59 Å². The fourth-order valence-electron chi connectivity index (χ4n) is 3.00. The molecule has 1 atom stereocenters. The monoisotopic (exact) mass is 429 g/mol. The first kappa shape index (κ1) is 22.6. The number of nitrogens with one attached hydrogen (secondary N) is 1. The van der Waals surface area contributed by atoms with Gasteiger partial charge in [-0.3, -0.25) is 9.59 Å². The molecule has 1 fully saturated rings. The lowest BCUT2D eigenvalue weighted by molar-refractivity contribution is -0.143. The number of anilines is 1. The van der Waals surface area contributed by atoms with Crippen molar-refractivity contribution in [3.05, 3.63) is 22.7 Å². The molecule has 1 aromatic rings. The van der Waals surface area contributed by atoms with Crippen LogP contribution in [0, 0.1) is 0 Å². The maximum atomic E-state index is 12.6. The van der Waals surface area contributed by atoms with Crippen molar-refractivity contribution in [1.82, 2.24) is 10.2 Å². The summed E-state index contributed by atoms with van der Waals surface area (Å²) in [5, 5.41) is 3.57. The fourth-order valence-corrected chi connectivity index (χ4v) is 4.38. The van der Waals surface area contributed by atoms with Crippen molar-refractivity contribution in [3.8, 4) is 5.75 Å². The van der Waals surface area contributed by atoms with Crippen molar-refractivity contribution in [2.75, 3.05) is 51.4 Å². The van der Waals surface area contributed by atoms with E-state index in [-0.39, 0.29) is 17.1 Å². The molecular weight excluding hydrogens is 402 g/mol. The van der Waals surface area contributed by atoms with Gasteiger partial charge in [0.2, 0.25) is 0 Å². The Kier molecular flexibility index (Phi) is 9.21. The smallest absolute Gasteiger partial charge is 0.305 e. The van der Waals surface area contributed by atoms with Gasteiger partial charge >= 0.3 is 5.97 Å². The summed E-state index contributed by atoms with van der Waals surface area (Å²) in [6, 6.07) is 3.08. The van der Waals surface area contributed by atoms with Crippen LogP contribution in [0.3, 0.4) is 0 Å². The maximum absolute atomic E-state index is 12.6. The second-order valence-corrected chi connectivity index (χ2v) is 8.30. The number of amides is 1. The SMILES string of the molecule is CCOC(=O)CCCN1CCSC(CNC(=O)c2cc(Cl)c(N)cc2OC)C1. The highest BCUT2D eigenvalue weighted by Crippen LogP contribution is 2.29. The molecule has 1 saturated heterocycles. The van der Waals surface area contributed by atoms with Gasteiger partial charge < -0.3 is 25.4 Å². The minimum atomic E-state index is -0.237. The number of rotatable bonds is 9. The number of hydrogen-bond donors (Lipinski definition) is 2. The average molecular weight is 430 g/mol. The summed E-state index contributed by atoms with van der Waals surface area (Å²) in [6.45, 7) is 5.48. The Labute approximate surface area is 175 Å². The minimum absolute atomic E-state index is 0.145. The van der Waals surface area contributed by atoms with Gasteiger partial charge in [-0.1, -0.05) is 11.6 Å². The molecule has 1 heterocycles. The van der Waals surface area contributed by atoms with Crippen molar-refractivity contribution in [1.29, 1.82) is 0 Å². The zero-order valence-electron chi connectivity index (χ0n) is 16.3. The molecule has 7 nitrogen and oxygen atoms in total. The van der Waals surface area contributed by atoms with Gasteiger partial charge in [0.1, 0.15) is 5.75 Å². The third-order valence-corrected chi connectivity index (χ3v) is 5.97. The second kappa shape index (κ2) is 11.4. The van der Waals surface area contributed by atoms with Crippen LogP contribution in [-0.2, 0) is 9.53 Å². The quantitative estimate of drug-likeness (QED) is 0.459. The predicted octanol–water partition coefficient (Wildman–Crippen LogP) is 2.42. The molecule has 1 aromatic carbocycles. The lowest BCUT2D eigenvalue weighted by atomic mass is 10.1. The number of carbonyl (C=O) groups excluding carboxylic acids is 2. The van der Waals surface area contributed by atoms with Crippen molar-refractivity contribution in [3.63, 3.8) is 0 Å². The molecule has 28 heavy (non-hydrogen) atoms. The summed E-state index contributed by atoms with van der Waals surface area (Å²) in [6.07, 6.45) is 1.22. The third-order valence-electron chi connectivity index (χ3n) is 4.44. The van der Waals surface area contributed by atoms with E-state index in [1.165, 1.54) is 13.2 Å². The van der Waals surface area contributed by atoms with Crippen molar-refractivity contribution >= 4 is 40.9 Å². The van der Waals surface area contributed by atoms with E-state index in [1.54, 1.807) is 6.07 Å². The van der Waals surface area contributed by atoms with Crippen LogP contribution in [0.15, 0.2) is 12.1 Å². The van der Waals surface area contributed by atoms with Crippen LogP contribution >= 0.6 is 23.4 Å². The number of esters is 1. The van der Waals surface area contributed by atoms with E-state index in [1.807, 2.05) is 18.7 Å². The molecule has 0 aromatic heterocycles. The van der Waals surface area contributed by atoms with Crippen molar-refractivity contribution in [2.45, 2.75) is 25.0 Å². The number of carbonyl (C=O) groups is 2. The van der Waals surface area contributed by atoms with E-state index in [2.05, 4.69) is 10.2 Å². The highest BCUT2D eigenvalue weighted by atomic mass is 35.5. The van der Waals surface area contributed by atoms with Gasteiger partial charge in [0.15, 0.2) is 0 Å². The van der Waals surface area contributed by atoms with E-state index < -0.39 is 0 Å². The van der Waals surface area contributed by atoms with Crippen LogP contribution in [0.4, 0.5) is 5.69 Å². The number of hydrogen-bond acceptors (Lipinski definition) is 7. The van der Waals surface area contributed by atoms with Crippen LogP contribution in [0.5, 0.6) is 5.75 Å². The lowest BCUT2D eigenvalue weighted by Gasteiger charge is -2.32. The standard InChI is InChI=1S/C19H28ClN3O4S/c1-3-27-18(24)5-4-6-23-7-8-28-13(12-23)11-22-19(25)14-9-15(20)16(21)10-17(14)26-2/h9-10,13H,3-8,11-12,21H2,1-2H3,(H,22,25). The molecule has 9 heteroatoms. The first-order valence-corrected chi connectivity index (χ1v) is 10.8. The summed E-state index contributed by atoms with van der Waals surface area (Å²) in [7, 11) is 1.49. The Hall–Kier alpha value is -1.64. The molecule has 3 N–H and O–H groups in total. The average Bonchev–Trinajstić information content (AvgIpc) is 2.68. The van der Waals surface area contributed by atoms with Gasteiger partial charge in [0.05, 0.1) is 30.0 Å². The van der Waals surface area contributed by atoms with Crippen LogP contribution in [0.2, 0.25) is 5.02 Å². The number of nitrogens with two attached hydrogens (primary N) is 1. The Bertz CT molecular complexity index is 689. The highest BCUT2D eigenvalue weighted by molar-refractivity contribution is 8.00. The van der Waals surface area contributed by atoms with Gasteiger partial charge in [0.25, 0.3) is 5.91 Å². The third kappa shape index (κ3) is 6.76. The molecule has 1 aliphatic heterocycles. The number of thioether (sulfide) groups is 1. The molecule has 0 bridgehead atoms.